The van der Waals surface area contributed by atoms with Crippen LogP contribution in [0.4, 0.5) is 0 Å². The number of pyridine rings is 1. The lowest BCUT2D eigenvalue weighted by Gasteiger charge is -2.23. The molecule has 2 amide bonds. The maximum Gasteiger partial charge on any atom is 0.272 e. The van der Waals surface area contributed by atoms with E-state index in [1.165, 1.54) is 0 Å². The predicted molar refractivity (Wildman–Crippen MR) is 118 cm³/mol. The zero-order valence-electron chi connectivity index (χ0n) is 17.9. The monoisotopic (exact) mass is 417 g/mol. The first-order chi connectivity index (χ1) is 15.1. The zero-order valence-corrected chi connectivity index (χ0v) is 17.9. The Morgan fingerprint density at radius 3 is 2.52 bits per heavy atom. The van der Waals surface area contributed by atoms with Crippen LogP contribution in [0, 0.1) is 5.92 Å². The maximum atomic E-state index is 13.2. The van der Waals surface area contributed by atoms with E-state index < -0.39 is 0 Å². The third kappa shape index (κ3) is 4.50. The van der Waals surface area contributed by atoms with E-state index in [1.54, 1.807) is 35.1 Å². The minimum atomic E-state index is -0.274. The number of carbonyl (C=O) groups excluding carboxylic acids is 2. The lowest BCUT2D eigenvalue weighted by Crippen LogP contribution is -2.38. The molecule has 160 valence electrons. The van der Waals surface area contributed by atoms with Crippen LogP contribution in [-0.4, -0.2) is 62.6 Å². The van der Waals surface area contributed by atoms with Crippen molar-refractivity contribution in [3.05, 3.63) is 72.3 Å². The van der Waals surface area contributed by atoms with Gasteiger partial charge in [-0.25, -0.2) is 0 Å². The van der Waals surface area contributed by atoms with Gasteiger partial charge in [0, 0.05) is 51.8 Å². The number of nitrogens with zero attached hydrogens (tertiary/aromatic N) is 5. The van der Waals surface area contributed by atoms with Gasteiger partial charge in [0.15, 0.2) is 0 Å². The molecule has 7 nitrogen and oxygen atoms in total. The molecule has 3 aromatic rings. The zero-order chi connectivity index (χ0) is 21.8. The normalized spacial score (nSPS) is 17.0. The van der Waals surface area contributed by atoms with Crippen molar-refractivity contribution < 1.29 is 9.59 Å². The molecule has 0 radical (unpaired) electrons. The number of benzene rings is 1. The van der Waals surface area contributed by atoms with Crippen molar-refractivity contribution in [1.29, 1.82) is 0 Å². The summed E-state index contributed by atoms with van der Waals surface area (Å²) in [5, 5.41) is 4.11. The highest BCUT2D eigenvalue weighted by molar-refractivity contribution is 5.93. The van der Waals surface area contributed by atoms with E-state index in [0.717, 1.165) is 16.7 Å². The van der Waals surface area contributed by atoms with Gasteiger partial charge in [0.2, 0.25) is 5.91 Å². The Bertz CT molecular complexity index is 1050. The summed E-state index contributed by atoms with van der Waals surface area (Å²) in [7, 11) is 1.76. The van der Waals surface area contributed by atoms with Crippen LogP contribution in [0.2, 0.25) is 0 Å². The molecule has 1 unspecified atom stereocenters. The van der Waals surface area contributed by atoms with E-state index >= 15 is 0 Å². The third-order valence-electron chi connectivity index (χ3n) is 5.88. The molecule has 4 rings (SSSR count). The van der Waals surface area contributed by atoms with Crippen molar-refractivity contribution in [2.45, 2.75) is 13.3 Å². The van der Waals surface area contributed by atoms with Crippen LogP contribution in [0.3, 0.4) is 0 Å². The summed E-state index contributed by atoms with van der Waals surface area (Å²) in [6.07, 6.45) is 5.81. The van der Waals surface area contributed by atoms with Crippen LogP contribution in [0.1, 0.15) is 23.0 Å². The average Bonchev–Trinajstić information content (AvgIpc) is 3.17. The highest BCUT2D eigenvalue weighted by Crippen LogP contribution is 2.22. The first kappa shape index (κ1) is 20.8. The molecule has 2 aromatic heterocycles. The Morgan fingerprint density at radius 1 is 1.06 bits per heavy atom. The summed E-state index contributed by atoms with van der Waals surface area (Å²) in [6, 6.07) is 13.9. The molecule has 0 N–H and O–H groups in total. The third-order valence-corrected chi connectivity index (χ3v) is 5.88. The highest BCUT2D eigenvalue weighted by atomic mass is 16.2. The maximum absolute atomic E-state index is 13.2. The molecule has 7 heteroatoms. The molecule has 1 aliphatic rings. The van der Waals surface area contributed by atoms with E-state index in [-0.39, 0.29) is 17.7 Å². The van der Waals surface area contributed by atoms with Gasteiger partial charge in [0.25, 0.3) is 5.91 Å². The largest absolute Gasteiger partial charge is 0.341 e. The second-order valence-corrected chi connectivity index (χ2v) is 7.85. The van der Waals surface area contributed by atoms with Gasteiger partial charge in [-0.1, -0.05) is 30.3 Å². The van der Waals surface area contributed by atoms with Crippen LogP contribution < -0.4 is 0 Å². The highest BCUT2D eigenvalue weighted by Gasteiger charge is 2.32. The van der Waals surface area contributed by atoms with Gasteiger partial charge < -0.3 is 9.80 Å². The van der Waals surface area contributed by atoms with Crippen molar-refractivity contribution in [1.82, 2.24) is 24.6 Å². The molecule has 31 heavy (non-hydrogen) atoms. The molecule has 0 spiro atoms. The van der Waals surface area contributed by atoms with Gasteiger partial charge in [-0.05, 0) is 42.2 Å². The van der Waals surface area contributed by atoms with E-state index in [9.17, 15) is 9.59 Å². The Hall–Kier alpha value is -3.48. The first-order valence-electron chi connectivity index (χ1n) is 10.6. The smallest absolute Gasteiger partial charge is 0.272 e. The quantitative estimate of drug-likeness (QED) is 0.640. The number of aryl methyl sites for hydroxylation is 1. The van der Waals surface area contributed by atoms with Crippen LogP contribution in [0.5, 0.6) is 0 Å². The van der Waals surface area contributed by atoms with Crippen molar-refractivity contribution >= 4 is 11.8 Å². The fraction of sp³-hybridized carbons (Fsp3) is 0.333. The van der Waals surface area contributed by atoms with Crippen molar-refractivity contribution in [2.24, 2.45) is 13.0 Å². The van der Waals surface area contributed by atoms with E-state index in [0.29, 0.717) is 38.3 Å². The summed E-state index contributed by atoms with van der Waals surface area (Å²) in [4.78, 5) is 34.0. The number of likely N-dealkylation sites (N-methyl/N-ethyl adjacent to an activating group) is 1. The lowest BCUT2D eigenvalue weighted by molar-refractivity contribution is -0.134. The topological polar surface area (TPSA) is 71.3 Å². The van der Waals surface area contributed by atoms with Crippen molar-refractivity contribution in [3.8, 4) is 11.1 Å². The van der Waals surface area contributed by atoms with Crippen LogP contribution in [0.15, 0.2) is 61.1 Å². The van der Waals surface area contributed by atoms with Gasteiger partial charge in [0.1, 0.15) is 5.69 Å². The summed E-state index contributed by atoms with van der Waals surface area (Å²) in [5.41, 5.74) is 3.77. The van der Waals surface area contributed by atoms with Gasteiger partial charge in [-0.15, -0.1) is 0 Å². The molecule has 3 heterocycles. The van der Waals surface area contributed by atoms with E-state index in [2.05, 4.69) is 34.3 Å². The standard InChI is InChI=1S/C24H27N5O2/c1-3-28-13-14-29(24(31)22-10-12-26-27(22)2)17-21(23(28)30)15-18-6-8-19(9-7-18)20-5-4-11-25-16-20/h4-12,16,21H,3,13-15,17H2,1-2H3. The fourth-order valence-corrected chi connectivity index (χ4v) is 4.09. The van der Waals surface area contributed by atoms with E-state index in [1.807, 2.05) is 30.2 Å². The molecular weight excluding hydrogens is 390 g/mol. The van der Waals surface area contributed by atoms with Gasteiger partial charge in [0.05, 0.1) is 5.92 Å². The predicted octanol–water partition coefficient (Wildman–Crippen LogP) is 2.65. The van der Waals surface area contributed by atoms with E-state index in [4.69, 9.17) is 0 Å². The molecule has 0 aliphatic carbocycles. The van der Waals surface area contributed by atoms with Crippen LogP contribution >= 0.6 is 0 Å². The number of aromatic nitrogens is 3. The number of hydrogen-bond donors (Lipinski definition) is 0. The summed E-state index contributed by atoms with van der Waals surface area (Å²) >= 11 is 0. The first-order valence-corrected chi connectivity index (χ1v) is 10.6. The molecule has 0 bridgehead atoms. The van der Waals surface area contributed by atoms with Gasteiger partial charge >= 0.3 is 0 Å². The Labute approximate surface area is 182 Å². The minimum absolute atomic E-state index is 0.0809. The Kier molecular flexibility index (Phi) is 6.11. The lowest BCUT2D eigenvalue weighted by atomic mass is 9.96. The number of rotatable bonds is 5. The number of carbonyl (C=O) groups is 2. The number of amides is 2. The summed E-state index contributed by atoms with van der Waals surface area (Å²) in [6.45, 7) is 4.11. The Morgan fingerprint density at radius 2 is 1.87 bits per heavy atom. The SMILES string of the molecule is CCN1CCN(C(=O)c2ccnn2C)CC(Cc2ccc(-c3cccnc3)cc2)C1=O. The molecule has 1 aromatic carbocycles. The van der Waals surface area contributed by atoms with Crippen molar-refractivity contribution in [3.63, 3.8) is 0 Å². The molecule has 1 saturated heterocycles. The Balaban J connectivity index is 1.53. The summed E-state index contributed by atoms with van der Waals surface area (Å²) in [5.74, 6) is -0.245. The van der Waals surface area contributed by atoms with Gasteiger partial charge in [-0.3, -0.25) is 19.3 Å². The second kappa shape index (κ2) is 9.12. The minimum Gasteiger partial charge on any atom is -0.341 e. The number of hydrogen-bond acceptors (Lipinski definition) is 4. The van der Waals surface area contributed by atoms with Gasteiger partial charge in [-0.2, -0.15) is 5.10 Å². The molecule has 1 atom stereocenters. The van der Waals surface area contributed by atoms with Crippen molar-refractivity contribution in [2.75, 3.05) is 26.2 Å². The molecule has 1 fully saturated rings. The van der Waals surface area contributed by atoms with Crippen LogP contribution in [-0.2, 0) is 18.3 Å². The second-order valence-electron chi connectivity index (χ2n) is 7.85. The fourth-order valence-electron chi connectivity index (χ4n) is 4.09. The molecular formula is C24H27N5O2. The summed E-state index contributed by atoms with van der Waals surface area (Å²) < 4.78 is 1.58. The average molecular weight is 418 g/mol. The molecule has 0 saturated carbocycles. The van der Waals surface area contributed by atoms with Crippen LogP contribution in [0.25, 0.3) is 11.1 Å². The molecule has 1 aliphatic heterocycles.